The van der Waals surface area contributed by atoms with E-state index < -0.39 is 0 Å². The van der Waals surface area contributed by atoms with Gasteiger partial charge in [0.25, 0.3) is 0 Å². The van der Waals surface area contributed by atoms with E-state index in [9.17, 15) is 0 Å². The summed E-state index contributed by atoms with van der Waals surface area (Å²) in [6.45, 7) is 15.9. The minimum absolute atomic E-state index is 1.05. The molecule has 0 heteroatoms. The van der Waals surface area contributed by atoms with Gasteiger partial charge in [-0.05, 0) is 17.6 Å². The van der Waals surface area contributed by atoms with Crippen LogP contribution in [0.3, 0.4) is 0 Å². The molecule has 0 fully saturated rings. The third kappa shape index (κ3) is 6.83. The highest BCUT2D eigenvalue weighted by Crippen LogP contribution is 2.16. The van der Waals surface area contributed by atoms with Gasteiger partial charge in [-0.2, -0.15) is 0 Å². The van der Waals surface area contributed by atoms with E-state index in [0.29, 0.717) is 0 Å². The lowest BCUT2D eigenvalue weighted by Crippen LogP contribution is -1.80. The molecule has 0 unspecified atom stereocenters. The third-order valence-electron chi connectivity index (χ3n) is 1.84. The second-order valence-electron chi connectivity index (χ2n) is 2.65. The highest BCUT2D eigenvalue weighted by atomic mass is 14.0. The molecule has 1 aromatic carbocycles. The van der Waals surface area contributed by atoms with Gasteiger partial charge in [-0.3, -0.25) is 0 Å². The lowest BCUT2D eigenvalue weighted by molar-refractivity contribution is 1.24. The summed E-state index contributed by atoms with van der Waals surface area (Å²) in [6, 6.07) is 10.4. The molecule has 0 spiro atoms. The molecule has 0 saturated heterocycles. The van der Waals surface area contributed by atoms with Crippen LogP contribution in [0.15, 0.2) is 62.2 Å². The molecular weight excluding hydrogens is 192 g/mol. The minimum atomic E-state index is 1.05. The molecule has 0 N–H and O–H groups in total. The highest BCUT2D eigenvalue weighted by molar-refractivity contribution is 5.66. The molecule has 0 bridgehead atoms. The summed E-state index contributed by atoms with van der Waals surface area (Å²) in [5.74, 6) is 0. The average molecular weight is 216 g/mol. The maximum absolute atomic E-state index is 3.70. The van der Waals surface area contributed by atoms with E-state index in [1.54, 1.807) is 0 Å². The molecule has 16 heavy (non-hydrogen) atoms. The van der Waals surface area contributed by atoms with Crippen molar-refractivity contribution < 1.29 is 0 Å². The van der Waals surface area contributed by atoms with Crippen molar-refractivity contribution in [1.82, 2.24) is 0 Å². The van der Waals surface area contributed by atoms with E-state index >= 15 is 0 Å². The molecule has 0 radical (unpaired) electrons. The molecule has 1 rings (SSSR count). The topological polar surface area (TPSA) is 0 Å². The average Bonchev–Trinajstić information content (AvgIpc) is 2.41. The van der Waals surface area contributed by atoms with Gasteiger partial charge in [0.2, 0.25) is 0 Å². The van der Waals surface area contributed by atoms with Gasteiger partial charge < -0.3 is 0 Å². The van der Waals surface area contributed by atoms with Gasteiger partial charge in [0.15, 0.2) is 0 Å². The van der Waals surface area contributed by atoms with Crippen LogP contribution in [0.25, 0.3) is 5.57 Å². The molecule has 88 valence electrons. The third-order valence-corrected chi connectivity index (χ3v) is 1.84. The van der Waals surface area contributed by atoms with Gasteiger partial charge in [0, 0.05) is 0 Å². The molecule has 0 amide bonds. The van der Waals surface area contributed by atoms with E-state index in [1.165, 1.54) is 11.1 Å². The molecule has 0 saturated carbocycles. The van der Waals surface area contributed by atoms with Gasteiger partial charge in [0.05, 0.1) is 0 Å². The van der Waals surface area contributed by atoms with Crippen molar-refractivity contribution in [2.75, 3.05) is 0 Å². The Labute approximate surface area is 101 Å². The van der Waals surface area contributed by atoms with Crippen LogP contribution in [0.1, 0.15) is 32.8 Å². The maximum Gasteiger partial charge on any atom is -0.0225 e. The lowest BCUT2D eigenvalue weighted by atomic mass is 10.0. The first-order valence-corrected chi connectivity index (χ1v) is 5.75. The first-order valence-electron chi connectivity index (χ1n) is 5.75. The van der Waals surface area contributed by atoms with E-state index in [0.717, 1.165) is 6.42 Å². The number of allylic oxidation sites excluding steroid dienone is 3. The fourth-order valence-electron chi connectivity index (χ4n) is 1.21. The maximum atomic E-state index is 3.70. The predicted octanol–water partition coefficient (Wildman–Crippen LogP) is 5.49. The monoisotopic (exact) mass is 216 g/mol. The van der Waals surface area contributed by atoms with Crippen LogP contribution in [0.4, 0.5) is 0 Å². The first-order chi connectivity index (χ1) is 7.88. The second kappa shape index (κ2) is 13.4. The largest absolute Gasteiger partial charge is 0.106 e. The van der Waals surface area contributed by atoms with Crippen molar-refractivity contribution in [3.05, 3.63) is 67.8 Å². The minimum Gasteiger partial charge on any atom is -0.106 e. The van der Waals surface area contributed by atoms with Crippen molar-refractivity contribution in [1.29, 1.82) is 0 Å². The zero-order valence-electron chi connectivity index (χ0n) is 10.9. The standard InChI is InChI=1S/C12H14.C2H6.C2H4/c1-3-8-11(4-2)12-9-6-5-7-10-12;2*1-2/h3,5-10H,1,4H2,2H3;1-2H3;1-2H2/b11-8+;;. The van der Waals surface area contributed by atoms with Gasteiger partial charge in [0.1, 0.15) is 0 Å². The van der Waals surface area contributed by atoms with Crippen LogP contribution in [-0.4, -0.2) is 0 Å². The molecule has 0 heterocycles. The Bertz CT molecular complexity index is 280. The van der Waals surface area contributed by atoms with E-state index in [2.05, 4.69) is 57.0 Å². The van der Waals surface area contributed by atoms with Gasteiger partial charge in [-0.15, -0.1) is 13.2 Å². The Morgan fingerprint density at radius 1 is 1.12 bits per heavy atom. The van der Waals surface area contributed by atoms with Gasteiger partial charge in [-0.25, -0.2) is 0 Å². The van der Waals surface area contributed by atoms with Crippen LogP contribution in [0.5, 0.6) is 0 Å². The summed E-state index contributed by atoms with van der Waals surface area (Å²) in [5.41, 5.74) is 2.63. The summed E-state index contributed by atoms with van der Waals surface area (Å²) in [5, 5.41) is 0. The molecule has 0 aliphatic heterocycles. The SMILES string of the molecule is C=C.C=C/C=C(\CC)c1ccccc1.CC. The number of rotatable bonds is 3. The van der Waals surface area contributed by atoms with Crippen LogP contribution < -0.4 is 0 Å². The van der Waals surface area contributed by atoms with E-state index in [4.69, 9.17) is 0 Å². The van der Waals surface area contributed by atoms with Crippen LogP contribution in [0, 0.1) is 0 Å². The van der Waals surface area contributed by atoms with Crippen molar-refractivity contribution in [2.45, 2.75) is 27.2 Å². The van der Waals surface area contributed by atoms with Crippen LogP contribution in [-0.2, 0) is 0 Å². The number of benzene rings is 1. The van der Waals surface area contributed by atoms with Crippen molar-refractivity contribution in [3.63, 3.8) is 0 Å². The molecule has 0 aliphatic carbocycles. The molecule has 0 aromatic heterocycles. The second-order valence-corrected chi connectivity index (χ2v) is 2.65. The van der Waals surface area contributed by atoms with Gasteiger partial charge in [-0.1, -0.05) is 69.8 Å². The molecular formula is C16H24. The highest BCUT2D eigenvalue weighted by Gasteiger charge is 1.94. The summed E-state index contributed by atoms with van der Waals surface area (Å²) in [7, 11) is 0. The van der Waals surface area contributed by atoms with E-state index in [-0.39, 0.29) is 0 Å². The zero-order chi connectivity index (χ0) is 12.8. The Morgan fingerprint density at radius 3 is 2.00 bits per heavy atom. The molecule has 0 nitrogen and oxygen atoms in total. The lowest BCUT2D eigenvalue weighted by Gasteiger charge is -2.02. The fraction of sp³-hybridized carbons (Fsp3) is 0.250. The molecule has 0 atom stereocenters. The van der Waals surface area contributed by atoms with Crippen molar-refractivity contribution in [2.24, 2.45) is 0 Å². The summed E-state index contributed by atoms with van der Waals surface area (Å²) < 4.78 is 0. The molecule has 0 aliphatic rings. The van der Waals surface area contributed by atoms with E-state index in [1.807, 2.05) is 26.0 Å². The van der Waals surface area contributed by atoms with Crippen molar-refractivity contribution >= 4 is 5.57 Å². The smallest absolute Gasteiger partial charge is 0.0225 e. The Balaban J connectivity index is 0. The van der Waals surface area contributed by atoms with Crippen molar-refractivity contribution in [3.8, 4) is 0 Å². The molecule has 1 aromatic rings. The Kier molecular flexibility index (Phi) is 14.2. The summed E-state index contributed by atoms with van der Waals surface area (Å²) in [6.07, 6.45) is 4.96. The fourth-order valence-corrected chi connectivity index (χ4v) is 1.21. The summed E-state index contributed by atoms with van der Waals surface area (Å²) >= 11 is 0. The quantitative estimate of drug-likeness (QED) is 0.462. The van der Waals surface area contributed by atoms with Gasteiger partial charge >= 0.3 is 0 Å². The van der Waals surface area contributed by atoms with Crippen LogP contribution in [0.2, 0.25) is 0 Å². The number of hydrogen-bond acceptors (Lipinski definition) is 0. The Hall–Kier alpha value is -1.56. The summed E-state index contributed by atoms with van der Waals surface area (Å²) in [4.78, 5) is 0. The normalized spacial score (nSPS) is 9.06. The first kappa shape index (κ1) is 16.9. The zero-order valence-corrected chi connectivity index (χ0v) is 10.9. The predicted molar refractivity (Wildman–Crippen MR) is 77.5 cm³/mol. The number of hydrogen-bond donors (Lipinski definition) is 0. The Morgan fingerprint density at radius 2 is 1.62 bits per heavy atom. The van der Waals surface area contributed by atoms with Crippen LogP contribution >= 0.6 is 0 Å².